The van der Waals surface area contributed by atoms with E-state index >= 15 is 0 Å². The van der Waals surface area contributed by atoms with Gasteiger partial charge in [-0.3, -0.25) is 4.79 Å². The number of hydrogen-bond donors (Lipinski definition) is 0. The summed E-state index contributed by atoms with van der Waals surface area (Å²) in [5.41, 5.74) is 1.41. The molecule has 2 atom stereocenters. The predicted octanol–water partition coefficient (Wildman–Crippen LogP) is 1.59. The molecular weight excluding hydrogens is 242 g/mol. The molecule has 0 aromatic carbocycles. The number of pyridine rings is 1. The minimum atomic E-state index is -0.120. The first-order valence-electron chi connectivity index (χ1n) is 6.34. The lowest BCUT2D eigenvalue weighted by molar-refractivity contribution is -0.147. The number of rotatable bonds is 2. The van der Waals surface area contributed by atoms with Crippen molar-refractivity contribution in [3.63, 3.8) is 0 Å². The lowest BCUT2D eigenvalue weighted by Crippen LogP contribution is -2.42. The Morgan fingerprint density at radius 2 is 2.37 bits per heavy atom. The minimum absolute atomic E-state index is 0.0207. The second kappa shape index (κ2) is 5.70. The van der Waals surface area contributed by atoms with Crippen molar-refractivity contribution in [1.82, 2.24) is 4.98 Å². The van der Waals surface area contributed by atoms with Gasteiger partial charge in [-0.15, -0.1) is 0 Å². The van der Waals surface area contributed by atoms with E-state index in [0.717, 1.165) is 25.2 Å². The van der Waals surface area contributed by atoms with Gasteiger partial charge in [0.1, 0.15) is 11.8 Å². The topological polar surface area (TPSA) is 66.2 Å². The minimum Gasteiger partial charge on any atom is -0.469 e. The normalized spacial score (nSPS) is 22.7. The molecule has 0 radical (unpaired) electrons. The number of nitrogens with zero attached hydrogens (tertiary/aromatic N) is 3. The second-order valence-corrected chi connectivity index (χ2v) is 4.86. The highest BCUT2D eigenvalue weighted by molar-refractivity contribution is 5.73. The third-order valence-corrected chi connectivity index (χ3v) is 3.64. The summed E-state index contributed by atoms with van der Waals surface area (Å²) in [4.78, 5) is 17.9. The summed E-state index contributed by atoms with van der Waals surface area (Å²) in [6.07, 6.45) is 2.50. The highest BCUT2D eigenvalue weighted by Gasteiger charge is 2.32. The number of piperidine rings is 1. The van der Waals surface area contributed by atoms with Gasteiger partial charge in [0, 0.05) is 13.1 Å². The molecular formula is C14H17N3O2. The van der Waals surface area contributed by atoms with Crippen LogP contribution in [-0.2, 0) is 9.53 Å². The van der Waals surface area contributed by atoms with Crippen molar-refractivity contribution in [2.45, 2.75) is 13.3 Å². The number of ether oxygens (including phenoxy) is 1. The van der Waals surface area contributed by atoms with E-state index in [9.17, 15) is 4.79 Å². The summed E-state index contributed by atoms with van der Waals surface area (Å²) in [7, 11) is 1.44. The third-order valence-electron chi connectivity index (χ3n) is 3.64. The molecule has 5 heteroatoms. The van der Waals surface area contributed by atoms with Crippen molar-refractivity contribution < 1.29 is 9.53 Å². The van der Waals surface area contributed by atoms with Crippen LogP contribution < -0.4 is 4.90 Å². The van der Waals surface area contributed by atoms with E-state index in [1.807, 2.05) is 12.1 Å². The molecule has 1 aliphatic rings. The Balaban J connectivity index is 2.05. The summed E-state index contributed by atoms with van der Waals surface area (Å²) >= 11 is 0. The maximum atomic E-state index is 11.6. The molecule has 2 heterocycles. The Kier molecular flexibility index (Phi) is 4.00. The molecule has 5 nitrogen and oxygen atoms in total. The zero-order chi connectivity index (χ0) is 13.8. The van der Waals surface area contributed by atoms with Crippen LogP contribution in [0.3, 0.4) is 0 Å². The van der Waals surface area contributed by atoms with Gasteiger partial charge < -0.3 is 9.64 Å². The average molecular weight is 259 g/mol. The molecule has 100 valence electrons. The van der Waals surface area contributed by atoms with E-state index in [-0.39, 0.29) is 17.8 Å². The summed E-state index contributed by atoms with van der Waals surface area (Å²) in [6, 6.07) is 5.62. The van der Waals surface area contributed by atoms with Crippen molar-refractivity contribution in [2.24, 2.45) is 11.8 Å². The number of carbonyl (C=O) groups is 1. The van der Waals surface area contributed by atoms with Crippen molar-refractivity contribution in [2.75, 3.05) is 25.1 Å². The number of carbonyl (C=O) groups excluding carboxylic acids is 1. The van der Waals surface area contributed by atoms with Crippen LogP contribution in [0.5, 0.6) is 0 Å². The van der Waals surface area contributed by atoms with Gasteiger partial charge in [-0.05, 0) is 24.5 Å². The van der Waals surface area contributed by atoms with Crippen LogP contribution in [0.15, 0.2) is 18.3 Å². The predicted molar refractivity (Wildman–Crippen MR) is 70.5 cm³/mol. The van der Waals surface area contributed by atoms with Crippen LogP contribution in [0.25, 0.3) is 0 Å². The fourth-order valence-corrected chi connectivity index (χ4v) is 2.52. The van der Waals surface area contributed by atoms with Gasteiger partial charge in [-0.25, -0.2) is 4.98 Å². The van der Waals surface area contributed by atoms with Crippen LogP contribution >= 0.6 is 0 Å². The van der Waals surface area contributed by atoms with Crippen molar-refractivity contribution in [3.05, 3.63) is 24.0 Å². The van der Waals surface area contributed by atoms with Gasteiger partial charge >= 0.3 is 5.97 Å². The fraction of sp³-hybridized carbons (Fsp3) is 0.500. The molecule has 1 aromatic heterocycles. The first-order valence-corrected chi connectivity index (χ1v) is 6.34. The standard InChI is InChI=1S/C14H17N3O2/c1-10-9-17(6-5-13(10)14(18)19-2)12-4-3-11(7-15)16-8-12/h3-4,8,10,13H,5-6,9H2,1-2H3. The largest absolute Gasteiger partial charge is 0.469 e. The van der Waals surface area contributed by atoms with E-state index in [1.54, 1.807) is 12.3 Å². The van der Waals surface area contributed by atoms with Gasteiger partial charge in [0.05, 0.1) is 24.9 Å². The molecule has 1 aromatic rings. The molecule has 0 amide bonds. The van der Waals surface area contributed by atoms with Gasteiger partial charge in [-0.2, -0.15) is 5.26 Å². The van der Waals surface area contributed by atoms with E-state index in [0.29, 0.717) is 5.69 Å². The van der Waals surface area contributed by atoms with Crippen molar-refractivity contribution >= 4 is 11.7 Å². The fourth-order valence-electron chi connectivity index (χ4n) is 2.52. The maximum Gasteiger partial charge on any atom is 0.309 e. The number of aromatic nitrogens is 1. The summed E-state index contributed by atoms with van der Waals surface area (Å²) in [5, 5.41) is 8.73. The maximum absolute atomic E-state index is 11.6. The molecule has 1 fully saturated rings. The van der Waals surface area contributed by atoms with Gasteiger partial charge in [0.2, 0.25) is 0 Å². The molecule has 0 saturated carbocycles. The summed E-state index contributed by atoms with van der Waals surface area (Å²) in [5.74, 6) is 0.106. The van der Waals surface area contributed by atoms with Crippen LogP contribution in [-0.4, -0.2) is 31.2 Å². The van der Waals surface area contributed by atoms with E-state index in [2.05, 4.69) is 16.8 Å². The molecule has 1 saturated heterocycles. The zero-order valence-electron chi connectivity index (χ0n) is 11.2. The molecule has 0 aliphatic carbocycles. The number of hydrogen-bond acceptors (Lipinski definition) is 5. The van der Waals surface area contributed by atoms with Crippen LogP contribution in [0, 0.1) is 23.2 Å². The summed E-state index contributed by atoms with van der Waals surface area (Å²) in [6.45, 7) is 3.66. The van der Waals surface area contributed by atoms with E-state index < -0.39 is 0 Å². The van der Waals surface area contributed by atoms with Crippen molar-refractivity contribution in [3.8, 4) is 6.07 Å². The quantitative estimate of drug-likeness (QED) is 0.754. The van der Waals surface area contributed by atoms with E-state index in [1.165, 1.54) is 7.11 Å². The van der Waals surface area contributed by atoms with Gasteiger partial charge in [-0.1, -0.05) is 6.92 Å². The summed E-state index contributed by atoms with van der Waals surface area (Å²) < 4.78 is 4.83. The Morgan fingerprint density at radius 3 is 2.89 bits per heavy atom. The van der Waals surface area contributed by atoms with Crippen LogP contribution in [0.1, 0.15) is 19.0 Å². The number of nitriles is 1. The zero-order valence-corrected chi connectivity index (χ0v) is 11.2. The molecule has 0 spiro atoms. The molecule has 1 aliphatic heterocycles. The lowest BCUT2D eigenvalue weighted by Gasteiger charge is -2.36. The first-order chi connectivity index (χ1) is 9.15. The first kappa shape index (κ1) is 13.3. The molecule has 0 bridgehead atoms. The molecule has 2 unspecified atom stereocenters. The number of esters is 1. The molecule has 2 rings (SSSR count). The van der Waals surface area contributed by atoms with Gasteiger partial charge in [0.15, 0.2) is 0 Å². The third kappa shape index (κ3) is 2.84. The van der Waals surface area contributed by atoms with Crippen LogP contribution in [0.2, 0.25) is 0 Å². The SMILES string of the molecule is COC(=O)C1CCN(c2ccc(C#N)nc2)CC1C. The number of methoxy groups -OCH3 is 1. The molecule has 19 heavy (non-hydrogen) atoms. The second-order valence-electron chi connectivity index (χ2n) is 4.86. The monoisotopic (exact) mass is 259 g/mol. The number of anilines is 1. The highest BCUT2D eigenvalue weighted by atomic mass is 16.5. The lowest BCUT2D eigenvalue weighted by atomic mass is 9.87. The average Bonchev–Trinajstić information content (AvgIpc) is 2.46. The Labute approximate surface area is 112 Å². The molecule has 0 N–H and O–H groups in total. The Morgan fingerprint density at radius 1 is 1.58 bits per heavy atom. The smallest absolute Gasteiger partial charge is 0.309 e. The Bertz CT molecular complexity index is 492. The highest BCUT2D eigenvalue weighted by Crippen LogP contribution is 2.27. The van der Waals surface area contributed by atoms with Gasteiger partial charge in [0.25, 0.3) is 0 Å². The van der Waals surface area contributed by atoms with E-state index in [4.69, 9.17) is 10.00 Å². The Hall–Kier alpha value is -2.09. The van der Waals surface area contributed by atoms with Crippen LogP contribution in [0.4, 0.5) is 5.69 Å². The van der Waals surface area contributed by atoms with Crippen molar-refractivity contribution in [1.29, 1.82) is 5.26 Å².